The van der Waals surface area contributed by atoms with Crippen molar-refractivity contribution in [1.82, 2.24) is 30.0 Å². The van der Waals surface area contributed by atoms with E-state index in [2.05, 4.69) is 43.5 Å². The normalized spacial score (nSPS) is 27.7. The Bertz CT molecular complexity index is 1240. The second-order valence-corrected chi connectivity index (χ2v) is 10.5. The first-order valence-electron chi connectivity index (χ1n) is 11.7. The molecule has 2 aromatic heterocycles. The van der Waals surface area contributed by atoms with Gasteiger partial charge in [-0.05, 0) is 40.9 Å². The smallest absolute Gasteiger partial charge is 0.173 e. The van der Waals surface area contributed by atoms with Crippen LogP contribution < -0.4 is 0 Å². The first-order valence-corrected chi connectivity index (χ1v) is 12.5. The van der Waals surface area contributed by atoms with Crippen LogP contribution in [0.5, 0.6) is 0 Å². The molecule has 36 heavy (non-hydrogen) atoms. The van der Waals surface area contributed by atoms with Crippen LogP contribution in [0.1, 0.15) is 37.9 Å². The molecule has 1 aliphatic heterocycles. The number of aliphatic hydroxyl groups is 2. The zero-order chi connectivity index (χ0) is 25.6. The monoisotopic (exact) mass is 568 g/mol. The quantitative estimate of drug-likeness (QED) is 0.417. The van der Waals surface area contributed by atoms with Crippen LogP contribution in [-0.2, 0) is 21.4 Å². The molecule has 0 spiro atoms. The molecule has 1 saturated carbocycles. The van der Waals surface area contributed by atoms with E-state index in [1.165, 1.54) is 30.1 Å². The van der Waals surface area contributed by atoms with E-state index in [4.69, 9.17) is 9.47 Å². The number of benzene rings is 1. The van der Waals surface area contributed by atoms with Gasteiger partial charge < -0.3 is 19.7 Å². The van der Waals surface area contributed by atoms with Gasteiger partial charge in [0.15, 0.2) is 11.6 Å². The van der Waals surface area contributed by atoms with E-state index >= 15 is 0 Å². The Balaban J connectivity index is 1.43. The van der Waals surface area contributed by atoms with Crippen LogP contribution in [0.25, 0.3) is 11.3 Å². The van der Waals surface area contributed by atoms with E-state index in [1.807, 2.05) is 6.20 Å². The van der Waals surface area contributed by atoms with Crippen LogP contribution in [0, 0.1) is 11.6 Å². The highest BCUT2D eigenvalue weighted by atomic mass is 79.9. The average molecular weight is 569 g/mol. The van der Waals surface area contributed by atoms with Crippen molar-refractivity contribution >= 4 is 15.9 Å². The Kier molecular flexibility index (Phi) is 6.94. The first kappa shape index (κ1) is 25.3. The molecule has 2 N–H and O–H groups in total. The molecule has 3 heterocycles. The summed E-state index contributed by atoms with van der Waals surface area (Å²) < 4.78 is 43.3. The van der Waals surface area contributed by atoms with Gasteiger partial charge in [0, 0.05) is 24.3 Å². The molecule has 5 atom stereocenters. The summed E-state index contributed by atoms with van der Waals surface area (Å²) in [6.45, 7) is 1.98. The highest BCUT2D eigenvalue weighted by Crippen LogP contribution is 2.42. The van der Waals surface area contributed by atoms with E-state index in [-0.39, 0.29) is 27.7 Å². The van der Waals surface area contributed by atoms with Crippen molar-refractivity contribution in [2.45, 2.75) is 68.6 Å². The number of aliphatic hydroxyl groups excluding tert-OH is 2. The third kappa shape index (κ3) is 4.36. The third-order valence-electron chi connectivity index (χ3n) is 7.34. The number of nitrogens with zero attached hydrogens (tertiary/aromatic N) is 6. The summed E-state index contributed by atoms with van der Waals surface area (Å²) in [5, 5.41) is 37.6. The van der Waals surface area contributed by atoms with Gasteiger partial charge in [-0.3, -0.25) is 0 Å². The van der Waals surface area contributed by atoms with Crippen LogP contribution in [0.2, 0.25) is 0 Å². The van der Waals surface area contributed by atoms with Gasteiger partial charge in [-0.25, -0.2) is 18.1 Å². The molecular formula is C23H27BrF2N6O4. The highest BCUT2D eigenvalue weighted by Gasteiger charge is 2.47. The van der Waals surface area contributed by atoms with Gasteiger partial charge in [0.05, 0.1) is 29.5 Å². The van der Waals surface area contributed by atoms with Gasteiger partial charge in [0.2, 0.25) is 0 Å². The zero-order valence-corrected chi connectivity index (χ0v) is 21.3. The van der Waals surface area contributed by atoms with E-state index in [0.29, 0.717) is 0 Å². The Labute approximate surface area is 214 Å². The fourth-order valence-electron chi connectivity index (χ4n) is 4.99. The van der Waals surface area contributed by atoms with Crippen molar-refractivity contribution < 1.29 is 28.5 Å². The molecule has 0 bridgehead atoms. The van der Waals surface area contributed by atoms with Crippen molar-refractivity contribution in [2.24, 2.45) is 0 Å². The predicted molar refractivity (Wildman–Crippen MR) is 126 cm³/mol. The molecule has 2 aliphatic rings. The second kappa shape index (κ2) is 9.86. The Morgan fingerprint density at radius 2 is 1.94 bits per heavy atom. The summed E-state index contributed by atoms with van der Waals surface area (Å²) in [7, 11) is 1.48. The van der Waals surface area contributed by atoms with Crippen LogP contribution in [0.4, 0.5) is 8.78 Å². The number of ether oxygens (including phenoxy) is 2. The minimum atomic E-state index is -1.21. The van der Waals surface area contributed by atoms with E-state index in [0.717, 1.165) is 25.0 Å². The maximum absolute atomic E-state index is 14.5. The maximum atomic E-state index is 14.5. The fraction of sp³-hybridized carbons (Fsp3) is 0.565. The number of aromatic nitrogens is 6. The first-order chi connectivity index (χ1) is 17.3. The van der Waals surface area contributed by atoms with Crippen LogP contribution in [-0.4, -0.2) is 78.3 Å². The van der Waals surface area contributed by atoms with E-state index in [9.17, 15) is 19.0 Å². The largest absolute Gasteiger partial charge is 0.394 e. The molecular weight excluding hydrogens is 542 g/mol. The van der Waals surface area contributed by atoms with E-state index < -0.39 is 48.7 Å². The SMILES string of the molecule is CO[C@@H]1[C@@H](n2cc(-c3ccc(Br)c(F)c3F)nn2)[C@@H](O)[C@@H](CO)O[C@@H]1Cn1cc(C2(C)CCC2)nn1. The molecule has 194 valence electrons. The van der Waals surface area contributed by atoms with Crippen LogP contribution in [0.15, 0.2) is 29.0 Å². The molecule has 2 fully saturated rings. The lowest BCUT2D eigenvalue weighted by Gasteiger charge is -2.43. The van der Waals surface area contributed by atoms with Crippen molar-refractivity contribution in [3.8, 4) is 11.3 Å². The lowest BCUT2D eigenvalue weighted by Crippen LogP contribution is -2.57. The highest BCUT2D eigenvalue weighted by molar-refractivity contribution is 9.10. The van der Waals surface area contributed by atoms with Crippen molar-refractivity contribution in [2.75, 3.05) is 13.7 Å². The molecule has 5 rings (SSSR count). The molecule has 1 saturated heterocycles. The van der Waals surface area contributed by atoms with Crippen LogP contribution >= 0.6 is 15.9 Å². The molecule has 1 aliphatic carbocycles. The molecule has 3 aromatic rings. The van der Waals surface area contributed by atoms with Crippen molar-refractivity contribution in [3.63, 3.8) is 0 Å². The van der Waals surface area contributed by atoms with Gasteiger partial charge in [-0.15, -0.1) is 10.2 Å². The Morgan fingerprint density at radius 3 is 2.61 bits per heavy atom. The number of rotatable bonds is 7. The number of methoxy groups -OCH3 is 1. The lowest BCUT2D eigenvalue weighted by atomic mass is 9.68. The van der Waals surface area contributed by atoms with E-state index in [1.54, 1.807) is 4.68 Å². The molecule has 0 radical (unpaired) electrons. The lowest BCUT2D eigenvalue weighted by molar-refractivity contribution is -0.216. The minimum absolute atomic E-state index is 0.00774. The van der Waals surface area contributed by atoms with Gasteiger partial charge in [0.25, 0.3) is 0 Å². The molecule has 10 nitrogen and oxygen atoms in total. The topological polar surface area (TPSA) is 120 Å². The fourth-order valence-corrected chi connectivity index (χ4v) is 5.30. The maximum Gasteiger partial charge on any atom is 0.173 e. The summed E-state index contributed by atoms with van der Waals surface area (Å²) in [4.78, 5) is 0. The Hall–Kier alpha value is -2.32. The predicted octanol–water partition coefficient (Wildman–Crippen LogP) is 2.40. The number of hydrogen-bond donors (Lipinski definition) is 2. The minimum Gasteiger partial charge on any atom is -0.394 e. The molecule has 0 amide bonds. The molecule has 13 heteroatoms. The number of halogens is 3. The zero-order valence-electron chi connectivity index (χ0n) is 19.8. The van der Waals surface area contributed by atoms with Crippen LogP contribution in [0.3, 0.4) is 0 Å². The second-order valence-electron chi connectivity index (χ2n) is 9.62. The van der Waals surface area contributed by atoms with Gasteiger partial charge >= 0.3 is 0 Å². The molecule has 1 aromatic carbocycles. The van der Waals surface area contributed by atoms with Gasteiger partial charge in [-0.1, -0.05) is 23.8 Å². The summed E-state index contributed by atoms with van der Waals surface area (Å²) >= 11 is 2.96. The summed E-state index contributed by atoms with van der Waals surface area (Å²) in [6.07, 6.45) is 3.08. The molecule has 0 unspecified atom stereocenters. The van der Waals surface area contributed by atoms with Crippen molar-refractivity contribution in [3.05, 3.63) is 46.3 Å². The average Bonchev–Trinajstić information content (AvgIpc) is 3.52. The van der Waals surface area contributed by atoms with Gasteiger partial charge in [0.1, 0.15) is 36.2 Å². The summed E-state index contributed by atoms with van der Waals surface area (Å²) in [6, 6.07) is 1.93. The van der Waals surface area contributed by atoms with Gasteiger partial charge in [-0.2, -0.15) is 0 Å². The summed E-state index contributed by atoms with van der Waals surface area (Å²) in [5.74, 6) is -2.10. The Morgan fingerprint density at radius 1 is 1.17 bits per heavy atom. The third-order valence-corrected chi connectivity index (χ3v) is 7.96. The summed E-state index contributed by atoms with van der Waals surface area (Å²) in [5.41, 5.74) is 0.947. The van der Waals surface area contributed by atoms with Crippen molar-refractivity contribution in [1.29, 1.82) is 0 Å². The standard InChI is InChI=1S/C23H27BrF2N6O4/c1-23(6-3-7-23)17-10-31(29-28-17)9-15-22(35-2)20(21(34)16(11-33)36-15)32-8-14(27-30-32)12-4-5-13(24)19(26)18(12)25/h4-5,8,10,15-16,20-22,33-34H,3,6-7,9,11H2,1-2H3/t15-,16-,20+,21+,22+/m1/s1. The number of hydrogen-bond acceptors (Lipinski definition) is 8.